The maximum atomic E-state index is 5.96. The fourth-order valence-electron chi connectivity index (χ4n) is 1.62. The molecule has 2 aromatic heterocycles. The van der Waals surface area contributed by atoms with Crippen molar-refractivity contribution in [3.8, 4) is 0 Å². The average molecular weight is 277 g/mol. The van der Waals surface area contributed by atoms with Gasteiger partial charge in [0.2, 0.25) is 0 Å². The van der Waals surface area contributed by atoms with Crippen molar-refractivity contribution in [1.82, 2.24) is 19.9 Å². The molecule has 0 bridgehead atoms. The van der Waals surface area contributed by atoms with Crippen LogP contribution in [0.3, 0.4) is 0 Å². The number of imidazole rings is 1. The van der Waals surface area contributed by atoms with Gasteiger partial charge < -0.3 is 4.98 Å². The maximum absolute atomic E-state index is 5.96. The molecule has 0 atom stereocenters. The van der Waals surface area contributed by atoms with E-state index >= 15 is 0 Å². The summed E-state index contributed by atoms with van der Waals surface area (Å²) in [6, 6.07) is 6.08. The first kappa shape index (κ1) is 11.5. The van der Waals surface area contributed by atoms with E-state index in [9.17, 15) is 0 Å². The molecule has 0 aliphatic carbocycles. The van der Waals surface area contributed by atoms with Gasteiger partial charge in [0.25, 0.3) is 0 Å². The highest BCUT2D eigenvalue weighted by Crippen LogP contribution is 2.29. The maximum Gasteiger partial charge on any atom is 0.172 e. The average Bonchev–Trinajstić information content (AvgIpc) is 2.73. The zero-order valence-electron chi connectivity index (χ0n) is 9.51. The second kappa shape index (κ2) is 4.59. The van der Waals surface area contributed by atoms with E-state index in [1.54, 1.807) is 12.4 Å². The summed E-state index contributed by atoms with van der Waals surface area (Å²) in [6.07, 6.45) is 3.18. The first-order valence-corrected chi connectivity index (χ1v) is 6.52. The molecule has 0 radical (unpaired) electrons. The number of nitrogens with one attached hydrogen (secondary N) is 1. The molecule has 90 valence electrons. The van der Waals surface area contributed by atoms with Crippen LogP contribution in [0.25, 0.3) is 11.0 Å². The summed E-state index contributed by atoms with van der Waals surface area (Å²) in [7, 11) is 0. The summed E-state index contributed by atoms with van der Waals surface area (Å²) in [5.41, 5.74) is 3.14. The highest BCUT2D eigenvalue weighted by molar-refractivity contribution is 7.99. The molecule has 1 N–H and O–H groups in total. The topological polar surface area (TPSA) is 54.5 Å². The van der Waals surface area contributed by atoms with Crippen molar-refractivity contribution in [2.24, 2.45) is 0 Å². The first-order chi connectivity index (χ1) is 8.72. The van der Waals surface area contributed by atoms with Gasteiger partial charge in [0, 0.05) is 12.4 Å². The summed E-state index contributed by atoms with van der Waals surface area (Å²) in [5.74, 6) is 0. The second-order valence-electron chi connectivity index (χ2n) is 3.82. The number of hydrogen-bond donors (Lipinski definition) is 1. The molecule has 0 aliphatic heterocycles. The van der Waals surface area contributed by atoms with E-state index in [-0.39, 0.29) is 0 Å². The van der Waals surface area contributed by atoms with Crippen LogP contribution in [0, 0.1) is 6.92 Å². The summed E-state index contributed by atoms with van der Waals surface area (Å²) in [6.45, 7) is 2.05. The van der Waals surface area contributed by atoms with Gasteiger partial charge in [-0.25, -0.2) is 15.0 Å². The minimum absolute atomic E-state index is 0.388. The van der Waals surface area contributed by atoms with E-state index < -0.39 is 0 Å². The number of hydrogen-bond acceptors (Lipinski definition) is 4. The van der Waals surface area contributed by atoms with Crippen molar-refractivity contribution in [1.29, 1.82) is 0 Å². The molecule has 0 unspecified atom stereocenters. The minimum Gasteiger partial charge on any atom is -0.333 e. The summed E-state index contributed by atoms with van der Waals surface area (Å²) >= 11 is 7.34. The van der Waals surface area contributed by atoms with Gasteiger partial charge in [-0.05, 0) is 36.4 Å². The lowest BCUT2D eigenvalue weighted by molar-refractivity contribution is 1.03. The van der Waals surface area contributed by atoms with Crippen molar-refractivity contribution in [2.75, 3.05) is 0 Å². The Labute approximate surface area is 113 Å². The Morgan fingerprint density at radius 3 is 2.89 bits per heavy atom. The van der Waals surface area contributed by atoms with Crippen LogP contribution in [0.5, 0.6) is 0 Å². The Balaban J connectivity index is 1.98. The third-order valence-electron chi connectivity index (χ3n) is 2.43. The number of halogens is 1. The number of rotatable bonds is 2. The number of benzene rings is 1. The largest absolute Gasteiger partial charge is 0.333 e. The van der Waals surface area contributed by atoms with Crippen LogP contribution < -0.4 is 0 Å². The van der Waals surface area contributed by atoms with Crippen molar-refractivity contribution in [3.63, 3.8) is 0 Å². The van der Waals surface area contributed by atoms with E-state index in [0.29, 0.717) is 10.2 Å². The number of H-pyrrole nitrogens is 1. The quantitative estimate of drug-likeness (QED) is 0.779. The van der Waals surface area contributed by atoms with Crippen LogP contribution in [0.15, 0.2) is 40.8 Å². The molecule has 0 saturated heterocycles. The van der Waals surface area contributed by atoms with Crippen LogP contribution in [0.2, 0.25) is 5.15 Å². The van der Waals surface area contributed by atoms with Gasteiger partial charge in [-0.15, -0.1) is 0 Å². The zero-order valence-corrected chi connectivity index (χ0v) is 11.1. The lowest BCUT2D eigenvalue weighted by atomic mass is 10.2. The van der Waals surface area contributed by atoms with Gasteiger partial charge in [0.05, 0.1) is 11.0 Å². The Morgan fingerprint density at radius 1 is 1.22 bits per heavy atom. The molecule has 4 nitrogen and oxygen atoms in total. The minimum atomic E-state index is 0.388. The number of aromatic amines is 1. The normalized spacial score (nSPS) is 11.0. The molecule has 2 heterocycles. The SMILES string of the molecule is Cc1ccc2nc(Sc3nccnc3Cl)[nH]c2c1. The molecule has 6 heteroatoms. The summed E-state index contributed by atoms with van der Waals surface area (Å²) < 4.78 is 0. The fraction of sp³-hybridized carbons (Fsp3) is 0.0833. The molecular formula is C12H9ClN4S. The van der Waals surface area contributed by atoms with Gasteiger partial charge in [0.15, 0.2) is 10.3 Å². The Kier molecular flexibility index (Phi) is 2.93. The third-order valence-corrected chi connectivity index (χ3v) is 3.70. The molecule has 18 heavy (non-hydrogen) atoms. The van der Waals surface area contributed by atoms with Gasteiger partial charge in [-0.1, -0.05) is 17.7 Å². The van der Waals surface area contributed by atoms with Crippen molar-refractivity contribution in [2.45, 2.75) is 17.1 Å². The molecule has 3 rings (SSSR count). The van der Waals surface area contributed by atoms with Crippen molar-refractivity contribution in [3.05, 3.63) is 41.3 Å². The standard InChI is InChI=1S/C12H9ClN4S/c1-7-2-3-8-9(6-7)17-12(16-8)18-11-10(13)14-4-5-15-11/h2-6H,1H3,(H,16,17). The number of aryl methyl sites for hydroxylation is 1. The second-order valence-corrected chi connectivity index (χ2v) is 5.15. The fourth-order valence-corrected chi connectivity index (χ4v) is 2.58. The van der Waals surface area contributed by atoms with Crippen LogP contribution in [0.4, 0.5) is 0 Å². The molecule has 0 amide bonds. The summed E-state index contributed by atoms with van der Waals surface area (Å²) in [4.78, 5) is 15.9. The number of fused-ring (bicyclic) bond motifs is 1. The monoisotopic (exact) mass is 276 g/mol. The predicted molar refractivity (Wildman–Crippen MR) is 72.0 cm³/mol. The van der Waals surface area contributed by atoms with Crippen molar-refractivity contribution < 1.29 is 0 Å². The Bertz CT molecular complexity index is 710. The molecule has 0 fully saturated rings. The van der Waals surface area contributed by atoms with E-state index in [0.717, 1.165) is 16.2 Å². The first-order valence-electron chi connectivity index (χ1n) is 5.33. The van der Waals surface area contributed by atoms with Crippen LogP contribution in [-0.2, 0) is 0 Å². The van der Waals surface area contributed by atoms with E-state index in [4.69, 9.17) is 11.6 Å². The van der Waals surface area contributed by atoms with Crippen molar-refractivity contribution >= 4 is 34.4 Å². The van der Waals surface area contributed by atoms with Gasteiger partial charge in [-0.2, -0.15) is 0 Å². The number of aromatic nitrogens is 4. The Hall–Kier alpha value is -1.59. The van der Waals surface area contributed by atoms with Crippen LogP contribution in [-0.4, -0.2) is 19.9 Å². The zero-order chi connectivity index (χ0) is 12.5. The van der Waals surface area contributed by atoms with Gasteiger partial charge in [0.1, 0.15) is 5.03 Å². The predicted octanol–water partition coefficient (Wildman–Crippen LogP) is 3.47. The third kappa shape index (κ3) is 2.19. The van der Waals surface area contributed by atoms with E-state index in [1.807, 2.05) is 19.1 Å². The lowest BCUT2D eigenvalue weighted by Crippen LogP contribution is -1.84. The lowest BCUT2D eigenvalue weighted by Gasteiger charge is -1.97. The van der Waals surface area contributed by atoms with Gasteiger partial charge >= 0.3 is 0 Å². The highest BCUT2D eigenvalue weighted by Gasteiger charge is 2.09. The van der Waals surface area contributed by atoms with Crippen LogP contribution in [0.1, 0.15) is 5.56 Å². The van der Waals surface area contributed by atoms with Gasteiger partial charge in [-0.3, -0.25) is 0 Å². The molecule has 0 spiro atoms. The molecule has 0 saturated carbocycles. The molecule has 0 aliphatic rings. The Morgan fingerprint density at radius 2 is 2.06 bits per heavy atom. The van der Waals surface area contributed by atoms with Crippen LogP contribution >= 0.6 is 23.4 Å². The highest BCUT2D eigenvalue weighted by atomic mass is 35.5. The van der Waals surface area contributed by atoms with E-state index in [1.165, 1.54) is 17.3 Å². The smallest absolute Gasteiger partial charge is 0.172 e. The molecule has 3 aromatic rings. The van der Waals surface area contributed by atoms with E-state index in [2.05, 4.69) is 26.0 Å². The molecule has 1 aromatic carbocycles. The molecular weight excluding hydrogens is 268 g/mol. The number of nitrogens with zero attached hydrogens (tertiary/aromatic N) is 3. The summed E-state index contributed by atoms with van der Waals surface area (Å²) in [5, 5.41) is 1.80.